The van der Waals surface area contributed by atoms with Crippen molar-refractivity contribution in [2.75, 3.05) is 6.54 Å². The number of carbonyl (C=O) groups is 2. The minimum absolute atomic E-state index is 0.0906. The van der Waals surface area contributed by atoms with Crippen molar-refractivity contribution in [2.45, 2.75) is 20.8 Å². The Hall–Kier alpha value is -1.78. The van der Waals surface area contributed by atoms with Crippen molar-refractivity contribution >= 4 is 11.9 Å². The number of aliphatic carboxylic acids is 1. The molecular weight excluding hydrogens is 210 g/mol. The summed E-state index contributed by atoms with van der Waals surface area (Å²) >= 11 is 0. The minimum Gasteiger partial charge on any atom is -0.481 e. The number of furan rings is 1. The molecule has 1 rings (SSSR count). The topological polar surface area (TPSA) is 79.5 Å². The molecule has 0 spiro atoms. The normalized spacial score (nSPS) is 12.2. The van der Waals surface area contributed by atoms with E-state index in [1.807, 2.05) is 0 Å². The highest BCUT2D eigenvalue weighted by atomic mass is 16.4. The van der Waals surface area contributed by atoms with E-state index in [9.17, 15) is 9.59 Å². The molecule has 16 heavy (non-hydrogen) atoms. The first-order valence-electron chi connectivity index (χ1n) is 5.00. The molecule has 0 aliphatic carbocycles. The predicted octanol–water partition coefficient (Wildman–Crippen LogP) is 1.35. The highest BCUT2D eigenvalue weighted by Gasteiger charge is 2.17. The number of hydrogen-bond donors (Lipinski definition) is 2. The van der Waals surface area contributed by atoms with Crippen LogP contribution in [0.25, 0.3) is 0 Å². The van der Waals surface area contributed by atoms with Crippen molar-refractivity contribution in [3.8, 4) is 0 Å². The Morgan fingerprint density at radius 2 is 2.12 bits per heavy atom. The van der Waals surface area contributed by atoms with E-state index in [-0.39, 0.29) is 18.2 Å². The van der Waals surface area contributed by atoms with Gasteiger partial charge in [-0.15, -0.1) is 0 Å². The first-order valence-corrected chi connectivity index (χ1v) is 5.00. The summed E-state index contributed by atoms with van der Waals surface area (Å²) in [5.74, 6) is -1.02. The molecule has 0 aliphatic rings. The van der Waals surface area contributed by atoms with Gasteiger partial charge in [-0.05, 0) is 19.9 Å². The van der Waals surface area contributed by atoms with Crippen LogP contribution in [-0.4, -0.2) is 23.5 Å². The molecule has 0 saturated heterocycles. The van der Waals surface area contributed by atoms with E-state index >= 15 is 0 Å². The van der Waals surface area contributed by atoms with E-state index < -0.39 is 11.9 Å². The van der Waals surface area contributed by atoms with Gasteiger partial charge >= 0.3 is 5.97 Å². The first-order chi connectivity index (χ1) is 7.41. The lowest BCUT2D eigenvalue weighted by Gasteiger charge is -2.07. The summed E-state index contributed by atoms with van der Waals surface area (Å²) in [5.41, 5.74) is 0.748. The number of rotatable bonds is 4. The summed E-state index contributed by atoms with van der Waals surface area (Å²) in [6.07, 6.45) is 0. The zero-order chi connectivity index (χ0) is 12.3. The summed E-state index contributed by atoms with van der Waals surface area (Å²) < 4.78 is 5.21. The minimum atomic E-state index is -0.937. The number of hydrogen-bond acceptors (Lipinski definition) is 3. The zero-order valence-electron chi connectivity index (χ0n) is 9.53. The van der Waals surface area contributed by atoms with Crippen molar-refractivity contribution < 1.29 is 19.1 Å². The van der Waals surface area contributed by atoms with E-state index in [1.54, 1.807) is 19.9 Å². The molecule has 0 radical (unpaired) electrons. The maximum absolute atomic E-state index is 11.6. The Morgan fingerprint density at radius 1 is 1.50 bits per heavy atom. The van der Waals surface area contributed by atoms with E-state index in [2.05, 4.69) is 5.32 Å². The predicted molar refractivity (Wildman–Crippen MR) is 57.3 cm³/mol. The summed E-state index contributed by atoms with van der Waals surface area (Å²) in [6, 6.07) is 1.76. The van der Waals surface area contributed by atoms with Gasteiger partial charge in [0.05, 0.1) is 5.92 Å². The molecule has 0 unspecified atom stereocenters. The van der Waals surface area contributed by atoms with Crippen LogP contribution in [-0.2, 0) is 4.79 Å². The van der Waals surface area contributed by atoms with Crippen molar-refractivity contribution in [2.24, 2.45) is 5.92 Å². The third-order valence-electron chi connectivity index (χ3n) is 2.24. The zero-order valence-corrected chi connectivity index (χ0v) is 9.53. The number of amides is 1. The van der Waals surface area contributed by atoms with Gasteiger partial charge in [-0.1, -0.05) is 6.92 Å². The number of carboxylic acids is 1. The second-order valence-electron chi connectivity index (χ2n) is 3.82. The molecule has 0 aliphatic heterocycles. The number of aryl methyl sites for hydroxylation is 2. The maximum atomic E-state index is 11.6. The lowest BCUT2D eigenvalue weighted by molar-refractivity contribution is -0.140. The molecular formula is C11H15NO4. The second-order valence-corrected chi connectivity index (χ2v) is 3.82. The summed E-state index contributed by atoms with van der Waals surface area (Å²) in [6.45, 7) is 5.14. The van der Waals surface area contributed by atoms with Gasteiger partial charge in [-0.3, -0.25) is 9.59 Å². The average molecular weight is 225 g/mol. The van der Waals surface area contributed by atoms with Crippen LogP contribution < -0.4 is 5.32 Å². The Labute approximate surface area is 93.4 Å². The van der Waals surface area contributed by atoms with Gasteiger partial charge in [0.2, 0.25) is 0 Å². The van der Waals surface area contributed by atoms with Crippen molar-refractivity contribution in [1.29, 1.82) is 0 Å². The fourth-order valence-electron chi connectivity index (χ4n) is 1.28. The molecule has 5 nitrogen and oxygen atoms in total. The standard InChI is InChI=1S/C11H15NO4/c1-6-4-8(3)16-9(6)10(13)12-5-7(2)11(14)15/h4,7H,5H2,1-3H3,(H,12,13)(H,14,15)/t7-/m0/s1. The largest absolute Gasteiger partial charge is 0.481 e. The average Bonchev–Trinajstić information content (AvgIpc) is 2.53. The molecule has 0 fully saturated rings. The molecule has 5 heteroatoms. The van der Waals surface area contributed by atoms with Crippen LogP contribution >= 0.6 is 0 Å². The van der Waals surface area contributed by atoms with E-state index in [1.165, 1.54) is 6.92 Å². The van der Waals surface area contributed by atoms with E-state index in [4.69, 9.17) is 9.52 Å². The molecule has 1 aromatic heterocycles. The highest BCUT2D eigenvalue weighted by molar-refractivity contribution is 5.93. The van der Waals surface area contributed by atoms with Crippen LogP contribution in [0.1, 0.15) is 28.8 Å². The number of carboxylic acid groups (broad SMARTS) is 1. The maximum Gasteiger partial charge on any atom is 0.308 e. The van der Waals surface area contributed by atoms with Gasteiger partial charge in [-0.2, -0.15) is 0 Å². The van der Waals surface area contributed by atoms with Gasteiger partial charge in [0, 0.05) is 12.1 Å². The van der Waals surface area contributed by atoms with Crippen molar-refractivity contribution in [3.05, 3.63) is 23.2 Å². The summed E-state index contributed by atoms with van der Waals surface area (Å²) in [7, 11) is 0. The Balaban J connectivity index is 2.60. The van der Waals surface area contributed by atoms with E-state index in [0.29, 0.717) is 5.76 Å². The Kier molecular flexibility index (Phi) is 3.71. The van der Waals surface area contributed by atoms with Crippen LogP contribution in [0.2, 0.25) is 0 Å². The second kappa shape index (κ2) is 4.83. The third-order valence-corrected chi connectivity index (χ3v) is 2.24. The molecule has 2 N–H and O–H groups in total. The Bertz CT molecular complexity index is 408. The molecule has 0 saturated carbocycles. The van der Waals surface area contributed by atoms with Crippen molar-refractivity contribution in [1.82, 2.24) is 5.32 Å². The molecule has 1 heterocycles. The van der Waals surface area contributed by atoms with Gasteiger partial charge in [-0.25, -0.2) is 0 Å². The van der Waals surface area contributed by atoms with Crippen molar-refractivity contribution in [3.63, 3.8) is 0 Å². The molecule has 0 aromatic carbocycles. The highest BCUT2D eigenvalue weighted by Crippen LogP contribution is 2.13. The van der Waals surface area contributed by atoms with Gasteiger partial charge in [0.25, 0.3) is 5.91 Å². The van der Waals surface area contributed by atoms with Crippen LogP contribution in [0, 0.1) is 19.8 Å². The van der Waals surface area contributed by atoms with Crippen LogP contribution in [0.5, 0.6) is 0 Å². The lowest BCUT2D eigenvalue weighted by atomic mass is 10.2. The van der Waals surface area contributed by atoms with Crippen LogP contribution in [0.15, 0.2) is 10.5 Å². The lowest BCUT2D eigenvalue weighted by Crippen LogP contribution is -2.31. The molecule has 88 valence electrons. The van der Waals surface area contributed by atoms with Gasteiger partial charge in [0.1, 0.15) is 5.76 Å². The SMILES string of the molecule is Cc1cc(C)c(C(=O)NC[C@H](C)C(=O)O)o1. The van der Waals surface area contributed by atoms with Crippen LogP contribution in [0.3, 0.4) is 0 Å². The number of carbonyl (C=O) groups excluding carboxylic acids is 1. The van der Waals surface area contributed by atoms with E-state index in [0.717, 1.165) is 5.56 Å². The molecule has 1 amide bonds. The Morgan fingerprint density at radius 3 is 2.56 bits per heavy atom. The monoisotopic (exact) mass is 225 g/mol. The smallest absolute Gasteiger partial charge is 0.308 e. The third kappa shape index (κ3) is 2.85. The fourth-order valence-corrected chi connectivity index (χ4v) is 1.28. The molecule has 1 aromatic rings. The quantitative estimate of drug-likeness (QED) is 0.810. The fraction of sp³-hybridized carbons (Fsp3) is 0.455. The number of nitrogens with one attached hydrogen (secondary N) is 1. The molecule has 0 bridgehead atoms. The molecule has 1 atom stereocenters. The van der Waals surface area contributed by atoms with Gasteiger partial charge < -0.3 is 14.8 Å². The summed E-state index contributed by atoms with van der Waals surface area (Å²) in [4.78, 5) is 22.2. The summed E-state index contributed by atoms with van der Waals surface area (Å²) in [5, 5.41) is 11.2. The first kappa shape index (κ1) is 12.3. The van der Waals surface area contributed by atoms with Crippen LogP contribution in [0.4, 0.5) is 0 Å². The van der Waals surface area contributed by atoms with Gasteiger partial charge in [0.15, 0.2) is 5.76 Å².